The molecule has 1 saturated carbocycles. The first-order valence-corrected chi connectivity index (χ1v) is 7.10. The number of anilines is 1. The Morgan fingerprint density at radius 2 is 2.10 bits per heavy atom. The minimum atomic E-state index is 0.120. The lowest BCUT2D eigenvalue weighted by Gasteiger charge is -2.16. The van der Waals surface area contributed by atoms with Crippen LogP contribution >= 0.6 is 0 Å². The van der Waals surface area contributed by atoms with Gasteiger partial charge < -0.3 is 15.8 Å². The molecule has 0 unspecified atom stereocenters. The molecule has 110 valence electrons. The van der Waals surface area contributed by atoms with E-state index in [2.05, 4.69) is 5.32 Å². The highest BCUT2D eigenvalue weighted by Gasteiger charge is 2.23. The predicted molar refractivity (Wildman–Crippen MR) is 79.6 cm³/mol. The van der Waals surface area contributed by atoms with Crippen LogP contribution in [0.3, 0.4) is 0 Å². The van der Waals surface area contributed by atoms with Gasteiger partial charge in [-0.3, -0.25) is 9.69 Å². The van der Waals surface area contributed by atoms with Gasteiger partial charge in [0.15, 0.2) is 0 Å². The van der Waals surface area contributed by atoms with E-state index in [1.165, 1.54) is 0 Å². The van der Waals surface area contributed by atoms with Gasteiger partial charge in [-0.15, -0.1) is 0 Å². The summed E-state index contributed by atoms with van der Waals surface area (Å²) in [5.74, 6) is 0.947. The maximum Gasteiger partial charge on any atom is 0.234 e. The van der Waals surface area contributed by atoms with Crippen molar-refractivity contribution in [3.63, 3.8) is 0 Å². The molecular formula is C15H23N3O2. The number of amides is 1. The number of benzene rings is 1. The number of hydrogen-bond donors (Lipinski definition) is 2. The topological polar surface area (TPSA) is 67.6 Å². The van der Waals surface area contributed by atoms with Crippen LogP contribution in [-0.4, -0.2) is 43.6 Å². The summed E-state index contributed by atoms with van der Waals surface area (Å²) in [6, 6.07) is 7.81. The summed E-state index contributed by atoms with van der Waals surface area (Å²) in [4.78, 5) is 13.6. The number of nitrogen functional groups attached to an aromatic ring is 1. The number of hydrogen-bond acceptors (Lipinski definition) is 4. The number of nitrogens with two attached hydrogens (primary N) is 1. The second-order valence-electron chi connectivity index (χ2n) is 5.35. The smallest absolute Gasteiger partial charge is 0.234 e. The van der Waals surface area contributed by atoms with E-state index in [9.17, 15) is 4.79 Å². The first-order valence-electron chi connectivity index (χ1n) is 7.10. The molecule has 0 radical (unpaired) electrons. The van der Waals surface area contributed by atoms with Crippen molar-refractivity contribution in [2.45, 2.75) is 25.3 Å². The molecule has 3 N–H and O–H groups in total. The third kappa shape index (κ3) is 5.48. The molecule has 1 aromatic rings. The van der Waals surface area contributed by atoms with Crippen LogP contribution in [0.25, 0.3) is 0 Å². The Kier molecular flexibility index (Phi) is 5.24. The third-order valence-electron chi connectivity index (χ3n) is 3.19. The Bertz CT molecular complexity index is 429. The fourth-order valence-corrected chi connectivity index (χ4v) is 1.91. The van der Waals surface area contributed by atoms with Gasteiger partial charge in [0.05, 0.1) is 13.2 Å². The fraction of sp³-hybridized carbons (Fsp3) is 0.533. The van der Waals surface area contributed by atoms with Gasteiger partial charge in [0, 0.05) is 18.3 Å². The van der Waals surface area contributed by atoms with Gasteiger partial charge in [-0.2, -0.15) is 0 Å². The van der Waals surface area contributed by atoms with Crippen LogP contribution < -0.4 is 15.8 Å². The van der Waals surface area contributed by atoms with Gasteiger partial charge in [0.1, 0.15) is 5.75 Å². The van der Waals surface area contributed by atoms with Crippen LogP contribution in [0.1, 0.15) is 19.3 Å². The first kappa shape index (κ1) is 14.7. The fourth-order valence-electron chi connectivity index (χ4n) is 1.91. The lowest BCUT2D eigenvalue weighted by atomic mass is 10.3. The summed E-state index contributed by atoms with van der Waals surface area (Å²) in [7, 11) is 1.95. The summed E-state index contributed by atoms with van der Waals surface area (Å²) in [6.45, 7) is 1.93. The highest BCUT2D eigenvalue weighted by atomic mass is 16.5. The first-order chi connectivity index (χ1) is 9.63. The molecule has 0 atom stereocenters. The second-order valence-corrected chi connectivity index (χ2v) is 5.35. The largest absolute Gasteiger partial charge is 0.494 e. The molecule has 1 aliphatic carbocycles. The van der Waals surface area contributed by atoms with Gasteiger partial charge in [-0.05, 0) is 50.6 Å². The molecular weight excluding hydrogens is 254 g/mol. The van der Waals surface area contributed by atoms with Crippen LogP contribution in [-0.2, 0) is 4.79 Å². The molecule has 0 aromatic heterocycles. The number of carbonyl (C=O) groups excluding carboxylic acids is 1. The van der Waals surface area contributed by atoms with Crippen molar-refractivity contribution >= 4 is 11.6 Å². The monoisotopic (exact) mass is 277 g/mol. The second kappa shape index (κ2) is 7.14. The van der Waals surface area contributed by atoms with Crippen LogP contribution in [0.5, 0.6) is 5.75 Å². The van der Waals surface area contributed by atoms with Crippen LogP contribution in [0.15, 0.2) is 24.3 Å². The Hall–Kier alpha value is -1.75. The Morgan fingerprint density at radius 1 is 1.40 bits per heavy atom. The van der Waals surface area contributed by atoms with Crippen molar-refractivity contribution in [1.29, 1.82) is 0 Å². The number of likely N-dealkylation sites (N-methyl/N-ethyl adjacent to an activating group) is 1. The van der Waals surface area contributed by atoms with E-state index < -0.39 is 0 Å². The summed E-state index contributed by atoms with van der Waals surface area (Å²) < 4.78 is 5.61. The zero-order chi connectivity index (χ0) is 14.4. The molecule has 0 saturated heterocycles. The lowest BCUT2D eigenvalue weighted by Crippen LogP contribution is -2.36. The Labute approximate surface area is 120 Å². The van der Waals surface area contributed by atoms with Gasteiger partial charge in [-0.1, -0.05) is 0 Å². The number of ether oxygens (including phenoxy) is 1. The lowest BCUT2D eigenvalue weighted by molar-refractivity contribution is -0.122. The van der Waals surface area contributed by atoms with Gasteiger partial charge >= 0.3 is 0 Å². The van der Waals surface area contributed by atoms with E-state index in [0.29, 0.717) is 19.2 Å². The number of carbonyl (C=O) groups is 1. The average molecular weight is 277 g/mol. The van der Waals surface area contributed by atoms with Crippen molar-refractivity contribution in [3.05, 3.63) is 24.3 Å². The molecule has 2 rings (SSSR count). The van der Waals surface area contributed by atoms with Crippen molar-refractivity contribution in [3.8, 4) is 5.75 Å². The zero-order valence-electron chi connectivity index (χ0n) is 12.0. The number of rotatable bonds is 8. The molecule has 1 aliphatic rings. The average Bonchev–Trinajstić information content (AvgIpc) is 3.20. The molecule has 1 amide bonds. The Balaban J connectivity index is 1.55. The molecule has 5 nitrogen and oxygen atoms in total. The van der Waals surface area contributed by atoms with Gasteiger partial charge in [0.25, 0.3) is 0 Å². The normalized spacial score (nSPS) is 14.3. The van der Waals surface area contributed by atoms with E-state index in [-0.39, 0.29) is 5.91 Å². The van der Waals surface area contributed by atoms with E-state index in [4.69, 9.17) is 10.5 Å². The van der Waals surface area contributed by atoms with E-state index in [0.717, 1.165) is 37.2 Å². The Morgan fingerprint density at radius 3 is 2.75 bits per heavy atom. The summed E-state index contributed by atoms with van der Waals surface area (Å²) >= 11 is 0. The summed E-state index contributed by atoms with van der Waals surface area (Å²) in [6.07, 6.45) is 3.15. The van der Waals surface area contributed by atoms with Crippen molar-refractivity contribution in [1.82, 2.24) is 10.2 Å². The van der Waals surface area contributed by atoms with Gasteiger partial charge in [-0.25, -0.2) is 0 Å². The molecule has 1 aromatic carbocycles. The van der Waals surface area contributed by atoms with Crippen molar-refractivity contribution in [2.75, 3.05) is 32.5 Å². The SMILES string of the molecule is CN(CCCOc1ccc(N)cc1)CC(=O)NC1CC1. The molecule has 0 aliphatic heterocycles. The van der Waals surface area contributed by atoms with Crippen LogP contribution in [0, 0.1) is 0 Å². The van der Waals surface area contributed by atoms with Crippen LogP contribution in [0.4, 0.5) is 5.69 Å². The molecule has 1 fully saturated rings. The molecule has 0 bridgehead atoms. The van der Waals surface area contributed by atoms with E-state index in [1.54, 1.807) is 0 Å². The molecule has 0 spiro atoms. The zero-order valence-corrected chi connectivity index (χ0v) is 12.0. The minimum Gasteiger partial charge on any atom is -0.494 e. The van der Waals surface area contributed by atoms with Crippen molar-refractivity contribution < 1.29 is 9.53 Å². The molecule has 0 heterocycles. The minimum absolute atomic E-state index is 0.120. The predicted octanol–water partition coefficient (Wildman–Crippen LogP) is 1.25. The van der Waals surface area contributed by atoms with Crippen molar-refractivity contribution in [2.24, 2.45) is 0 Å². The highest BCUT2D eigenvalue weighted by molar-refractivity contribution is 5.78. The van der Waals surface area contributed by atoms with Gasteiger partial charge in [0.2, 0.25) is 5.91 Å². The standard InChI is InChI=1S/C15H23N3O2/c1-18(11-15(19)17-13-5-6-13)9-2-10-20-14-7-3-12(16)4-8-14/h3-4,7-8,13H,2,5-6,9-11,16H2,1H3,(H,17,19). The maximum absolute atomic E-state index is 11.6. The molecule has 20 heavy (non-hydrogen) atoms. The quantitative estimate of drug-likeness (QED) is 0.554. The number of nitrogens with zero attached hydrogens (tertiary/aromatic N) is 1. The molecule has 5 heteroatoms. The van der Waals surface area contributed by atoms with E-state index in [1.807, 2.05) is 36.2 Å². The summed E-state index contributed by atoms with van der Waals surface area (Å²) in [5, 5.41) is 2.98. The van der Waals surface area contributed by atoms with Crippen LogP contribution in [0.2, 0.25) is 0 Å². The maximum atomic E-state index is 11.6. The van der Waals surface area contributed by atoms with E-state index >= 15 is 0 Å². The summed E-state index contributed by atoms with van der Waals surface area (Å²) in [5.41, 5.74) is 6.34. The third-order valence-corrected chi connectivity index (χ3v) is 3.19. The number of nitrogens with one attached hydrogen (secondary N) is 1. The highest BCUT2D eigenvalue weighted by Crippen LogP contribution is 2.18.